The number of nitrogens with zero attached hydrogens (tertiary/aromatic N) is 2. The summed E-state index contributed by atoms with van der Waals surface area (Å²) in [5.41, 5.74) is 2.05. The lowest BCUT2D eigenvalue weighted by Crippen LogP contribution is -2.32. The molecule has 0 bridgehead atoms. The van der Waals surface area contributed by atoms with Gasteiger partial charge in [0, 0.05) is 30.6 Å². The molecule has 2 heterocycles. The van der Waals surface area contributed by atoms with Crippen LogP contribution in [0.15, 0.2) is 35.7 Å². The molecule has 0 aliphatic carbocycles. The number of carbonyl (C=O) groups excluding carboxylic acids is 2. The van der Waals surface area contributed by atoms with Gasteiger partial charge in [0.15, 0.2) is 0 Å². The highest BCUT2D eigenvalue weighted by Gasteiger charge is 2.34. The summed E-state index contributed by atoms with van der Waals surface area (Å²) in [4.78, 5) is 30.4. The quantitative estimate of drug-likeness (QED) is 0.914. The molecule has 0 spiro atoms. The molecule has 1 fully saturated rings. The van der Waals surface area contributed by atoms with Gasteiger partial charge >= 0.3 is 0 Å². The Bertz CT molecular complexity index is 699. The van der Waals surface area contributed by atoms with Gasteiger partial charge in [0.05, 0.1) is 12.5 Å². The van der Waals surface area contributed by atoms with Crippen molar-refractivity contribution in [1.29, 1.82) is 0 Å². The first-order chi connectivity index (χ1) is 11.1. The Morgan fingerprint density at radius 1 is 1.39 bits per heavy atom. The second kappa shape index (κ2) is 6.91. The molecule has 1 aliphatic heterocycles. The third kappa shape index (κ3) is 3.96. The number of hydrogen-bond acceptors (Lipinski definition) is 4. The number of rotatable bonds is 5. The predicted octanol–water partition coefficient (Wildman–Crippen LogP) is 2.12. The van der Waals surface area contributed by atoms with Crippen molar-refractivity contribution in [1.82, 2.24) is 15.2 Å². The van der Waals surface area contributed by atoms with Crippen LogP contribution in [0.2, 0.25) is 0 Å². The first-order valence-electron chi connectivity index (χ1n) is 7.62. The molecule has 23 heavy (non-hydrogen) atoms. The van der Waals surface area contributed by atoms with E-state index < -0.39 is 0 Å². The van der Waals surface area contributed by atoms with Crippen LogP contribution >= 0.6 is 11.3 Å². The number of benzene rings is 1. The summed E-state index contributed by atoms with van der Waals surface area (Å²) in [5, 5.41) is 5.74. The monoisotopic (exact) mass is 329 g/mol. The van der Waals surface area contributed by atoms with E-state index in [4.69, 9.17) is 0 Å². The van der Waals surface area contributed by atoms with Gasteiger partial charge in [-0.25, -0.2) is 4.98 Å². The zero-order valence-electron chi connectivity index (χ0n) is 13.0. The molecule has 2 aromatic rings. The van der Waals surface area contributed by atoms with Gasteiger partial charge in [0.25, 0.3) is 0 Å². The fraction of sp³-hybridized carbons (Fsp3) is 0.353. The fourth-order valence-corrected chi connectivity index (χ4v) is 3.41. The predicted molar refractivity (Wildman–Crippen MR) is 88.7 cm³/mol. The van der Waals surface area contributed by atoms with Crippen molar-refractivity contribution in [3.63, 3.8) is 0 Å². The molecule has 1 atom stereocenters. The highest BCUT2D eigenvalue weighted by atomic mass is 32.1. The standard InChI is InChI=1S/C17H19N3O2S/c1-12-11-23-15(19-12)8-18-17(22)14-7-16(21)20(10-14)9-13-5-3-2-4-6-13/h2-6,11,14H,7-10H2,1H3,(H,18,22). The third-order valence-electron chi connectivity index (χ3n) is 3.88. The largest absolute Gasteiger partial charge is 0.349 e. The number of amides is 2. The molecule has 1 saturated heterocycles. The van der Waals surface area contributed by atoms with E-state index in [9.17, 15) is 9.59 Å². The molecule has 1 aromatic heterocycles. The van der Waals surface area contributed by atoms with Crippen molar-refractivity contribution < 1.29 is 9.59 Å². The molecular formula is C17H19N3O2S. The van der Waals surface area contributed by atoms with Crippen molar-refractivity contribution in [3.8, 4) is 0 Å². The third-order valence-corrected chi connectivity index (χ3v) is 4.85. The van der Waals surface area contributed by atoms with E-state index in [-0.39, 0.29) is 24.2 Å². The van der Waals surface area contributed by atoms with Crippen molar-refractivity contribution >= 4 is 23.2 Å². The summed E-state index contributed by atoms with van der Waals surface area (Å²) in [6, 6.07) is 9.84. The van der Waals surface area contributed by atoms with Crippen LogP contribution in [0.3, 0.4) is 0 Å². The molecule has 1 N–H and O–H groups in total. The SMILES string of the molecule is Cc1csc(CNC(=O)C2CC(=O)N(Cc3ccccc3)C2)n1. The Morgan fingerprint density at radius 3 is 2.87 bits per heavy atom. The van der Waals surface area contributed by atoms with E-state index >= 15 is 0 Å². The molecule has 6 heteroatoms. The molecular weight excluding hydrogens is 310 g/mol. The van der Waals surface area contributed by atoms with Crippen LogP contribution in [0.1, 0.15) is 22.7 Å². The second-order valence-corrected chi connectivity index (χ2v) is 6.70. The van der Waals surface area contributed by atoms with Crippen LogP contribution in [-0.2, 0) is 22.7 Å². The minimum absolute atomic E-state index is 0.0408. The minimum Gasteiger partial charge on any atom is -0.349 e. The van der Waals surface area contributed by atoms with Crippen molar-refractivity contribution in [3.05, 3.63) is 52.0 Å². The van der Waals surface area contributed by atoms with Gasteiger partial charge in [0.1, 0.15) is 5.01 Å². The highest BCUT2D eigenvalue weighted by Crippen LogP contribution is 2.20. The Balaban J connectivity index is 1.53. The number of aromatic nitrogens is 1. The number of hydrogen-bond donors (Lipinski definition) is 1. The van der Waals surface area contributed by atoms with Gasteiger partial charge in [-0.05, 0) is 12.5 Å². The number of aryl methyl sites for hydroxylation is 1. The summed E-state index contributed by atoms with van der Waals surface area (Å²) in [6.07, 6.45) is 0.287. The molecule has 120 valence electrons. The molecule has 1 aliphatic rings. The molecule has 3 rings (SSSR count). The van der Waals surface area contributed by atoms with Crippen molar-refractivity contribution in [2.45, 2.75) is 26.4 Å². The molecule has 0 saturated carbocycles. The Kier molecular flexibility index (Phi) is 4.71. The normalized spacial score (nSPS) is 17.5. The van der Waals surface area contributed by atoms with Gasteiger partial charge in [-0.3, -0.25) is 9.59 Å². The minimum atomic E-state index is -0.271. The lowest BCUT2D eigenvalue weighted by atomic mass is 10.1. The fourth-order valence-electron chi connectivity index (χ4n) is 2.70. The van der Waals surface area contributed by atoms with Crippen LogP contribution in [0.5, 0.6) is 0 Å². The van der Waals surface area contributed by atoms with E-state index in [2.05, 4.69) is 10.3 Å². The van der Waals surface area contributed by atoms with Crippen LogP contribution in [0.25, 0.3) is 0 Å². The first-order valence-corrected chi connectivity index (χ1v) is 8.50. The van der Waals surface area contributed by atoms with Crippen LogP contribution in [-0.4, -0.2) is 28.2 Å². The average Bonchev–Trinajstić information content (AvgIpc) is 3.12. The molecule has 2 amide bonds. The van der Waals surface area contributed by atoms with E-state index in [0.29, 0.717) is 19.6 Å². The lowest BCUT2D eigenvalue weighted by molar-refractivity contribution is -0.129. The summed E-state index contributed by atoms with van der Waals surface area (Å²) >= 11 is 1.53. The second-order valence-electron chi connectivity index (χ2n) is 5.76. The first kappa shape index (κ1) is 15.7. The zero-order chi connectivity index (χ0) is 16.2. The molecule has 1 aromatic carbocycles. The summed E-state index contributed by atoms with van der Waals surface area (Å²) in [6.45, 7) is 3.41. The maximum absolute atomic E-state index is 12.3. The Labute approximate surface area is 139 Å². The van der Waals surface area contributed by atoms with Crippen LogP contribution < -0.4 is 5.32 Å². The maximum Gasteiger partial charge on any atom is 0.225 e. The number of likely N-dealkylation sites (tertiary alicyclic amines) is 1. The summed E-state index contributed by atoms with van der Waals surface area (Å²) in [7, 11) is 0. The van der Waals surface area contributed by atoms with Crippen LogP contribution in [0, 0.1) is 12.8 Å². The van der Waals surface area contributed by atoms with Crippen molar-refractivity contribution in [2.24, 2.45) is 5.92 Å². The van der Waals surface area contributed by atoms with Gasteiger partial charge in [-0.15, -0.1) is 11.3 Å². The number of carbonyl (C=O) groups is 2. The maximum atomic E-state index is 12.3. The topological polar surface area (TPSA) is 62.3 Å². The number of nitrogens with one attached hydrogen (secondary N) is 1. The average molecular weight is 329 g/mol. The van der Waals surface area contributed by atoms with Gasteiger partial charge in [0.2, 0.25) is 11.8 Å². The molecule has 5 nitrogen and oxygen atoms in total. The van der Waals surface area contributed by atoms with E-state index in [0.717, 1.165) is 16.3 Å². The number of thiazole rings is 1. The Hall–Kier alpha value is -2.21. The van der Waals surface area contributed by atoms with E-state index in [1.807, 2.05) is 42.6 Å². The Morgan fingerprint density at radius 2 is 2.17 bits per heavy atom. The highest BCUT2D eigenvalue weighted by molar-refractivity contribution is 7.09. The van der Waals surface area contributed by atoms with E-state index in [1.54, 1.807) is 4.90 Å². The lowest BCUT2D eigenvalue weighted by Gasteiger charge is -2.16. The van der Waals surface area contributed by atoms with E-state index in [1.165, 1.54) is 11.3 Å². The summed E-state index contributed by atoms with van der Waals surface area (Å²) < 4.78 is 0. The van der Waals surface area contributed by atoms with Crippen LogP contribution in [0.4, 0.5) is 0 Å². The zero-order valence-corrected chi connectivity index (χ0v) is 13.8. The van der Waals surface area contributed by atoms with Crippen molar-refractivity contribution in [2.75, 3.05) is 6.54 Å². The summed E-state index contributed by atoms with van der Waals surface area (Å²) in [5.74, 6) is -0.298. The molecule has 1 unspecified atom stereocenters. The van der Waals surface area contributed by atoms with Gasteiger partial charge in [-0.2, -0.15) is 0 Å². The smallest absolute Gasteiger partial charge is 0.225 e. The molecule has 0 radical (unpaired) electrons. The van der Waals surface area contributed by atoms with Gasteiger partial charge in [-0.1, -0.05) is 30.3 Å². The van der Waals surface area contributed by atoms with Gasteiger partial charge < -0.3 is 10.2 Å².